The summed E-state index contributed by atoms with van der Waals surface area (Å²) in [5.74, 6) is -0.653. The highest BCUT2D eigenvalue weighted by Crippen LogP contribution is 2.42. The molecule has 1 aliphatic carbocycles. The van der Waals surface area contributed by atoms with Crippen molar-refractivity contribution in [2.24, 2.45) is 11.8 Å². The smallest absolute Gasteiger partial charge is 0.356 e. The van der Waals surface area contributed by atoms with Gasteiger partial charge in [-0.3, -0.25) is 4.79 Å². The lowest BCUT2D eigenvalue weighted by Gasteiger charge is -2.39. The van der Waals surface area contributed by atoms with E-state index in [-0.39, 0.29) is 17.5 Å². The monoisotopic (exact) mass is 343 g/mol. The van der Waals surface area contributed by atoms with Gasteiger partial charge in [-0.1, -0.05) is 57.0 Å². The first kappa shape index (κ1) is 18.8. The third-order valence-electron chi connectivity index (χ3n) is 5.23. The fraction of sp³-hybridized carbons (Fsp3) is 0.611. The van der Waals surface area contributed by atoms with Crippen molar-refractivity contribution in [2.75, 3.05) is 7.11 Å². The predicted molar refractivity (Wildman–Crippen MR) is 85.3 cm³/mol. The lowest BCUT2D eigenvalue weighted by atomic mass is 9.77. The van der Waals surface area contributed by atoms with Crippen LogP contribution in [-0.4, -0.2) is 25.2 Å². The van der Waals surface area contributed by atoms with Crippen molar-refractivity contribution in [3.8, 4) is 0 Å². The fourth-order valence-corrected chi connectivity index (χ4v) is 3.48. The maximum Gasteiger partial charge on any atom is 0.430 e. The molecule has 4 atom stereocenters. The van der Waals surface area contributed by atoms with E-state index in [1.165, 1.54) is 24.3 Å². The summed E-state index contributed by atoms with van der Waals surface area (Å²) in [5, 5.41) is 2.61. The summed E-state index contributed by atoms with van der Waals surface area (Å²) in [6.07, 6.45) is -2.25. The molecule has 6 heteroatoms. The Morgan fingerprint density at radius 3 is 2.33 bits per heavy atom. The summed E-state index contributed by atoms with van der Waals surface area (Å²) in [5.41, 5.74) is -3.21. The molecular weight excluding hydrogens is 319 g/mol. The van der Waals surface area contributed by atoms with Gasteiger partial charge < -0.3 is 10.1 Å². The number of alkyl halides is 3. The van der Waals surface area contributed by atoms with Crippen molar-refractivity contribution >= 4 is 5.91 Å². The summed E-state index contributed by atoms with van der Waals surface area (Å²) >= 11 is 0. The molecule has 0 unspecified atom stereocenters. The molecule has 1 aliphatic rings. The summed E-state index contributed by atoms with van der Waals surface area (Å²) in [6, 6.07) is 6.79. The third-order valence-corrected chi connectivity index (χ3v) is 5.23. The first-order valence-electron chi connectivity index (χ1n) is 8.22. The molecule has 0 aromatic heterocycles. The molecule has 1 amide bonds. The van der Waals surface area contributed by atoms with Crippen molar-refractivity contribution < 1.29 is 22.7 Å². The van der Waals surface area contributed by atoms with Gasteiger partial charge in [0.05, 0.1) is 0 Å². The second kappa shape index (κ2) is 7.13. The fourth-order valence-electron chi connectivity index (χ4n) is 3.48. The number of hydrogen-bond acceptors (Lipinski definition) is 2. The molecule has 0 saturated heterocycles. The van der Waals surface area contributed by atoms with E-state index in [0.717, 1.165) is 20.0 Å². The molecule has 1 aromatic carbocycles. The quantitative estimate of drug-likeness (QED) is 0.896. The molecule has 134 valence electrons. The molecule has 3 nitrogen and oxygen atoms in total. The lowest BCUT2D eigenvalue weighted by molar-refractivity contribution is -0.266. The number of methoxy groups -OCH3 is 1. The number of hydrogen-bond donors (Lipinski definition) is 1. The number of carbonyl (C=O) groups excluding carboxylic acids is 1. The first-order valence-corrected chi connectivity index (χ1v) is 8.22. The molecule has 1 N–H and O–H groups in total. The molecule has 0 aliphatic heterocycles. The van der Waals surface area contributed by atoms with Crippen LogP contribution in [0.2, 0.25) is 0 Å². The Morgan fingerprint density at radius 2 is 1.79 bits per heavy atom. The van der Waals surface area contributed by atoms with Gasteiger partial charge in [-0.05, 0) is 18.3 Å². The molecule has 2 rings (SSSR count). The zero-order valence-corrected chi connectivity index (χ0v) is 14.2. The van der Waals surface area contributed by atoms with Gasteiger partial charge in [0.1, 0.15) is 0 Å². The Morgan fingerprint density at radius 1 is 1.17 bits per heavy atom. The molecule has 24 heavy (non-hydrogen) atoms. The third kappa shape index (κ3) is 3.29. The number of halogens is 3. The zero-order valence-electron chi connectivity index (χ0n) is 14.2. The average Bonchev–Trinajstić information content (AvgIpc) is 2.53. The van der Waals surface area contributed by atoms with E-state index in [1.807, 2.05) is 6.92 Å². The molecular formula is C18H24F3NO2. The Balaban J connectivity index is 2.35. The molecule has 1 fully saturated rings. The number of rotatable bonds is 4. The highest BCUT2D eigenvalue weighted by molar-refractivity contribution is 5.88. The number of amides is 1. The van der Waals surface area contributed by atoms with Crippen LogP contribution in [-0.2, 0) is 15.1 Å². The van der Waals surface area contributed by atoms with Crippen LogP contribution < -0.4 is 5.32 Å². The van der Waals surface area contributed by atoms with E-state index in [2.05, 4.69) is 12.2 Å². The number of benzene rings is 1. The van der Waals surface area contributed by atoms with Crippen LogP contribution in [0.15, 0.2) is 30.3 Å². The van der Waals surface area contributed by atoms with Crippen molar-refractivity contribution in [1.29, 1.82) is 0 Å². The Hall–Kier alpha value is -1.56. The summed E-state index contributed by atoms with van der Waals surface area (Å²) in [6.45, 7) is 4.03. The van der Waals surface area contributed by atoms with Crippen molar-refractivity contribution in [1.82, 2.24) is 5.32 Å². The van der Waals surface area contributed by atoms with Gasteiger partial charge in [-0.15, -0.1) is 0 Å². The predicted octanol–water partition coefficient (Wildman–Crippen LogP) is 4.03. The van der Waals surface area contributed by atoms with Gasteiger partial charge in [-0.25, -0.2) is 0 Å². The van der Waals surface area contributed by atoms with E-state index in [1.54, 1.807) is 6.07 Å². The minimum Gasteiger partial charge on any atom is -0.356 e. The largest absolute Gasteiger partial charge is 0.430 e. The molecule has 0 spiro atoms. The van der Waals surface area contributed by atoms with Crippen LogP contribution in [0.25, 0.3) is 0 Å². The van der Waals surface area contributed by atoms with Crippen molar-refractivity contribution in [3.05, 3.63) is 35.9 Å². The minimum atomic E-state index is -4.86. The van der Waals surface area contributed by atoms with E-state index in [4.69, 9.17) is 4.74 Å². The van der Waals surface area contributed by atoms with Crippen molar-refractivity contribution in [3.63, 3.8) is 0 Å². The van der Waals surface area contributed by atoms with Crippen molar-refractivity contribution in [2.45, 2.75) is 50.9 Å². The maximum atomic E-state index is 13.9. The van der Waals surface area contributed by atoms with Gasteiger partial charge >= 0.3 is 6.18 Å². The van der Waals surface area contributed by atoms with Crippen LogP contribution in [0.1, 0.15) is 38.7 Å². The second-order valence-corrected chi connectivity index (χ2v) is 6.60. The minimum absolute atomic E-state index is 0.126. The van der Waals surface area contributed by atoms with Crippen LogP contribution in [0, 0.1) is 11.8 Å². The number of nitrogens with one attached hydrogen (secondary N) is 1. The Kier molecular flexibility index (Phi) is 5.58. The van der Waals surface area contributed by atoms with Gasteiger partial charge in [0.2, 0.25) is 0 Å². The van der Waals surface area contributed by atoms with E-state index in [0.29, 0.717) is 12.3 Å². The van der Waals surface area contributed by atoms with E-state index >= 15 is 0 Å². The normalized spacial score (nSPS) is 27.3. The summed E-state index contributed by atoms with van der Waals surface area (Å²) < 4.78 is 46.4. The van der Waals surface area contributed by atoms with Gasteiger partial charge in [-0.2, -0.15) is 13.2 Å². The SMILES string of the molecule is CO[C@](C(=O)N[C@H]1CCC[C@@H](C)[C@H]1C)(c1ccccc1)C(F)(F)F. The van der Waals surface area contributed by atoms with Gasteiger partial charge in [0.25, 0.3) is 11.5 Å². The van der Waals surface area contributed by atoms with E-state index < -0.39 is 17.7 Å². The number of ether oxygens (including phenoxy) is 1. The second-order valence-electron chi connectivity index (χ2n) is 6.60. The summed E-state index contributed by atoms with van der Waals surface area (Å²) in [4.78, 5) is 12.7. The topological polar surface area (TPSA) is 38.3 Å². The standard InChI is InChI=1S/C18H24F3NO2/c1-12-8-7-11-15(13(12)2)22-16(23)17(24-3,18(19,20)21)14-9-5-4-6-10-14/h4-6,9-10,12-13,15H,7-8,11H2,1-3H3,(H,22,23)/t12-,13-,15+,17+/m1/s1. The van der Waals surface area contributed by atoms with E-state index in [9.17, 15) is 18.0 Å². The highest BCUT2D eigenvalue weighted by Gasteiger charge is 2.63. The molecule has 0 radical (unpaired) electrons. The lowest BCUT2D eigenvalue weighted by Crippen LogP contribution is -2.59. The van der Waals surface area contributed by atoms with Crippen LogP contribution in [0.4, 0.5) is 13.2 Å². The van der Waals surface area contributed by atoms with Crippen LogP contribution in [0.5, 0.6) is 0 Å². The molecule has 0 bridgehead atoms. The molecule has 1 saturated carbocycles. The molecule has 0 heterocycles. The van der Waals surface area contributed by atoms with Crippen LogP contribution >= 0.6 is 0 Å². The first-order chi connectivity index (χ1) is 11.2. The Bertz CT molecular complexity index is 561. The highest BCUT2D eigenvalue weighted by atomic mass is 19.4. The zero-order chi connectivity index (χ0) is 18.0. The Labute approximate surface area is 140 Å². The van der Waals surface area contributed by atoms with Crippen LogP contribution in [0.3, 0.4) is 0 Å². The van der Waals surface area contributed by atoms with Gasteiger partial charge in [0, 0.05) is 18.7 Å². The summed E-state index contributed by atoms with van der Waals surface area (Å²) in [7, 11) is 0.924. The molecule has 1 aromatic rings. The maximum absolute atomic E-state index is 13.9. The van der Waals surface area contributed by atoms with Gasteiger partial charge in [0.15, 0.2) is 0 Å². The number of carbonyl (C=O) groups is 1. The average molecular weight is 343 g/mol.